The van der Waals surface area contributed by atoms with Gasteiger partial charge >= 0.3 is 0 Å². The Morgan fingerprint density at radius 3 is 2.55 bits per heavy atom. The lowest BCUT2D eigenvalue weighted by molar-refractivity contribution is -0.113. The lowest BCUT2D eigenvalue weighted by atomic mass is 10.2. The normalized spacial score (nSPS) is 17.2. The van der Waals surface area contributed by atoms with Gasteiger partial charge in [0.2, 0.25) is 0 Å². The highest BCUT2D eigenvalue weighted by molar-refractivity contribution is 8.19. The topological polar surface area (TPSA) is 53.2 Å². The van der Waals surface area contributed by atoms with E-state index in [1.807, 2.05) is 0 Å². The fourth-order valence-corrected chi connectivity index (χ4v) is 2.69. The van der Waals surface area contributed by atoms with E-state index in [-0.39, 0.29) is 5.24 Å². The summed E-state index contributed by atoms with van der Waals surface area (Å²) >= 11 is 0.864. The van der Waals surface area contributed by atoms with Crippen LogP contribution in [0.2, 0.25) is 0 Å². The number of amides is 2. The highest BCUT2D eigenvalue weighted by Crippen LogP contribution is 2.35. The minimum Gasteiger partial charge on any atom is -0.362 e. The number of thioether (sulfide) groups is 1. The molecule has 1 aromatic heterocycles. The minimum atomic E-state index is -0.414. The van der Waals surface area contributed by atoms with E-state index in [1.54, 1.807) is 24.4 Å². The van der Waals surface area contributed by atoms with Crippen molar-refractivity contribution >= 4 is 34.7 Å². The highest BCUT2D eigenvalue weighted by atomic mass is 32.2. The average molecular weight is 288 g/mol. The zero-order chi connectivity index (χ0) is 14.1. The molecule has 1 aliphatic heterocycles. The lowest BCUT2D eigenvalue weighted by Crippen LogP contribution is -2.27. The maximum absolute atomic E-state index is 12.9. The molecule has 1 aliphatic rings. The van der Waals surface area contributed by atoms with Gasteiger partial charge in [0.15, 0.2) is 0 Å². The Morgan fingerprint density at radius 2 is 1.90 bits per heavy atom. The number of imide groups is 1. The second-order valence-corrected chi connectivity index (χ2v) is 5.11. The maximum Gasteiger partial charge on any atom is 0.298 e. The van der Waals surface area contributed by atoms with E-state index in [0.717, 1.165) is 22.4 Å². The third kappa shape index (κ3) is 2.25. The number of anilines is 1. The predicted octanol–water partition coefficient (Wildman–Crippen LogP) is 3.39. The number of carbonyl (C=O) groups is 2. The number of nitrogens with zero attached hydrogens (tertiary/aromatic N) is 1. The second kappa shape index (κ2) is 4.97. The smallest absolute Gasteiger partial charge is 0.298 e. The van der Waals surface area contributed by atoms with Gasteiger partial charge in [0.25, 0.3) is 11.1 Å². The summed E-state index contributed by atoms with van der Waals surface area (Å²) in [6.45, 7) is 0. The van der Waals surface area contributed by atoms with Gasteiger partial charge in [-0.15, -0.1) is 0 Å². The van der Waals surface area contributed by atoms with Gasteiger partial charge in [-0.2, -0.15) is 0 Å². The minimum absolute atomic E-state index is 0.335. The summed E-state index contributed by atoms with van der Waals surface area (Å²) in [4.78, 5) is 28.5. The molecule has 0 spiro atoms. The molecule has 0 saturated carbocycles. The molecule has 3 rings (SSSR count). The van der Waals surface area contributed by atoms with Crippen LogP contribution in [0.15, 0.2) is 47.5 Å². The van der Waals surface area contributed by atoms with Crippen LogP contribution in [0.25, 0.3) is 6.08 Å². The van der Waals surface area contributed by atoms with Crippen molar-refractivity contribution < 1.29 is 14.0 Å². The number of halogens is 1. The van der Waals surface area contributed by atoms with Gasteiger partial charge in [0.1, 0.15) is 5.82 Å². The Morgan fingerprint density at radius 1 is 1.15 bits per heavy atom. The Balaban J connectivity index is 1.93. The third-order valence-electron chi connectivity index (χ3n) is 2.79. The van der Waals surface area contributed by atoms with E-state index < -0.39 is 11.7 Å². The van der Waals surface area contributed by atoms with Crippen LogP contribution >= 0.6 is 11.8 Å². The molecule has 2 heterocycles. The fourth-order valence-electron chi connectivity index (χ4n) is 1.86. The van der Waals surface area contributed by atoms with Crippen LogP contribution in [0, 0.1) is 5.82 Å². The van der Waals surface area contributed by atoms with Crippen molar-refractivity contribution in [2.75, 3.05) is 4.90 Å². The van der Waals surface area contributed by atoms with Gasteiger partial charge < -0.3 is 4.98 Å². The average Bonchev–Trinajstić information content (AvgIpc) is 3.02. The summed E-state index contributed by atoms with van der Waals surface area (Å²) in [5, 5.41) is -0.389. The van der Waals surface area contributed by atoms with Gasteiger partial charge in [0.05, 0.1) is 10.6 Å². The molecule has 0 atom stereocenters. The van der Waals surface area contributed by atoms with Crippen molar-refractivity contribution in [3.05, 3.63) is 59.0 Å². The molecule has 1 N–H and O–H groups in total. The fraction of sp³-hybridized carbons (Fsp3) is 0. The molecular weight excluding hydrogens is 279 g/mol. The zero-order valence-corrected chi connectivity index (χ0v) is 11.0. The van der Waals surface area contributed by atoms with Gasteiger partial charge in [-0.05, 0) is 54.2 Å². The summed E-state index contributed by atoms with van der Waals surface area (Å²) in [6.07, 6.45) is 3.35. The van der Waals surface area contributed by atoms with Gasteiger partial charge in [-0.25, -0.2) is 9.29 Å². The molecule has 1 saturated heterocycles. The number of hydrogen-bond acceptors (Lipinski definition) is 3. The molecule has 0 bridgehead atoms. The van der Waals surface area contributed by atoms with Crippen molar-refractivity contribution in [3.8, 4) is 0 Å². The van der Waals surface area contributed by atoms with E-state index in [2.05, 4.69) is 4.98 Å². The first-order valence-electron chi connectivity index (χ1n) is 5.82. The molecule has 0 radical (unpaired) electrons. The maximum atomic E-state index is 12.9. The summed E-state index contributed by atoms with van der Waals surface area (Å²) < 4.78 is 12.9. The molecule has 4 nitrogen and oxygen atoms in total. The van der Waals surface area contributed by atoms with Crippen molar-refractivity contribution in [3.63, 3.8) is 0 Å². The van der Waals surface area contributed by atoms with Crippen molar-refractivity contribution in [1.82, 2.24) is 4.98 Å². The number of aromatic amines is 1. The van der Waals surface area contributed by atoms with Gasteiger partial charge in [0, 0.05) is 11.9 Å². The van der Waals surface area contributed by atoms with Crippen LogP contribution in [0.5, 0.6) is 0 Å². The van der Waals surface area contributed by atoms with Crippen LogP contribution < -0.4 is 4.90 Å². The molecule has 0 aliphatic carbocycles. The molecule has 0 unspecified atom stereocenters. The number of aromatic nitrogens is 1. The summed E-state index contributed by atoms with van der Waals surface area (Å²) in [5.74, 6) is -0.816. The van der Waals surface area contributed by atoms with E-state index >= 15 is 0 Å². The molecule has 2 aromatic rings. The van der Waals surface area contributed by atoms with Crippen LogP contribution in [0.4, 0.5) is 14.9 Å². The standard InChI is InChI=1S/C14H9FN2O2S/c15-9-3-5-11(6-4-9)17-13(18)12(20-14(17)19)8-10-2-1-7-16-10/h1-8,16H/b12-8+. The number of benzene rings is 1. The van der Waals surface area contributed by atoms with Crippen LogP contribution in [0.3, 0.4) is 0 Å². The number of carbonyl (C=O) groups excluding carboxylic acids is 2. The Bertz CT molecular complexity index is 692. The van der Waals surface area contributed by atoms with Crippen LogP contribution in [0.1, 0.15) is 5.69 Å². The quantitative estimate of drug-likeness (QED) is 0.862. The summed E-state index contributed by atoms with van der Waals surface area (Å²) in [5.41, 5.74) is 1.11. The molecule has 1 aromatic carbocycles. The van der Waals surface area contributed by atoms with Crippen molar-refractivity contribution in [2.45, 2.75) is 0 Å². The van der Waals surface area contributed by atoms with Crippen molar-refractivity contribution in [2.24, 2.45) is 0 Å². The first-order valence-corrected chi connectivity index (χ1v) is 6.64. The van der Waals surface area contributed by atoms with Crippen molar-refractivity contribution in [1.29, 1.82) is 0 Å². The predicted molar refractivity (Wildman–Crippen MR) is 75.6 cm³/mol. The van der Waals surface area contributed by atoms with E-state index in [0.29, 0.717) is 10.6 Å². The van der Waals surface area contributed by atoms with Crippen LogP contribution in [-0.4, -0.2) is 16.1 Å². The molecular formula is C14H9FN2O2S. The first-order chi connectivity index (χ1) is 9.65. The Labute approximate surface area is 118 Å². The Hall–Kier alpha value is -2.34. The third-order valence-corrected chi connectivity index (χ3v) is 3.66. The molecule has 2 amide bonds. The SMILES string of the molecule is O=C1S/C(=C/c2ccc[nH]2)C(=O)N1c1ccc(F)cc1. The molecule has 20 heavy (non-hydrogen) atoms. The number of H-pyrrole nitrogens is 1. The molecule has 6 heteroatoms. The first kappa shape index (κ1) is 12.7. The summed E-state index contributed by atoms with van der Waals surface area (Å²) in [7, 11) is 0. The largest absolute Gasteiger partial charge is 0.362 e. The van der Waals surface area contributed by atoms with Gasteiger partial charge in [-0.3, -0.25) is 9.59 Å². The van der Waals surface area contributed by atoms with Gasteiger partial charge in [-0.1, -0.05) is 0 Å². The van der Waals surface area contributed by atoms with Crippen LogP contribution in [-0.2, 0) is 4.79 Å². The lowest BCUT2D eigenvalue weighted by Gasteiger charge is -2.11. The molecule has 1 fully saturated rings. The second-order valence-electron chi connectivity index (χ2n) is 4.12. The zero-order valence-electron chi connectivity index (χ0n) is 10.2. The number of nitrogens with one attached hydrogen (secondary N) is 1. The highest BCUT2D eigenvalue weighted by Gasteiger charge is 2.36. The summed E-state index contributed by atoms with van der Waals surface area (Å²) in [6, 6.07) is 8.84. The molecule has 100 valence electrons. The number of hydrogen-bond donors (Lipinski definition) is 1. The van der Waals surface area contributed by atoms with E-state index in [1.165, 1.54) is 24.3 Å². The number of rotatable bonds is 2. The monoisotopic (exact) mass is 288 g/mol. The Kier molecular flexibility index (Phi) is 3.15. The van der Waals surface area contributed by atoms with E-state index in [9.17, 15) is 14.0 Å². The van der Waals surface area contributed by atoms with E-state index in [4.69, 9.17) is 0 Å².